The number of aliphatic carboxylic acids is 1. The second-order valence-electron chi connectivity index (χ2n) is 35.4. The van der Waals surface area contributed by atoms with Crippen molar-refractivity contribution in [3.8, 4) is 74.5 Å². The van der Waals surface area contributed by atoms with Crippen molar-refractivity contribution in [1.29, 1.82) is 0 Å². The van der Waals surface area contributed by atoms with Crippen LogP contribution in [-0.4, -0.2) is 172 Å². The fourth-order valence-electron chi connectivity index (χ4n) is 16.5. The van der Waals surface area contributed by atoms with E-state index in [1.165, 1.54) is 87.4 Å². The van der Waals surface area contributed by atoms with Gasteiger partial charge >= 0.3 is 35.3 Å². The molecule has 15 rings (SSSR count). The Morgan fingerprint density at radius 2 is 0.754 bits per heavy atom. The number of aryl methyl sites for hydroxylation is 3. The summed E-state index contributed by atoms with van der Waals surface area (Å²) in [6.07, 6.45) is 0.937. The van der Waals surface area contributed by atoms with Crippen LogP contribution >= 0.6 is 0 Å². The molecule has 0 unspecified atom stereocenters. The van der Waals surface area contributed by atoms with E-state index in [9.17, 15) is 55.1 Å². The van der Waals surface area contributed by atoms with Gasteiger partial charge in [-0.05, 0) is 222 Å². The van der Waals surface area contributed by atoms with E-state index in [2.05, 4.69) is 81.4 Å². The van der Waals surface area contributed by atoms with Crippen LogP contribution in [-0.2, 0) is 19.1 Å². The van der Waals surface area contributed by atoms with Crippen molar-refractivity contribution >= 4 is 74.8 Å². The summed E-state index contributed by atoms with van der Waals surface area (Å²) < 4.78 is 133. The molecule has 0 bridgehead atoms. The lowest BCUT2D eigenvalue weighted by Crippen LogP contribution is -2.59. The molecule has 3 aliphatic heterocycles. The molecule has 2 amide bonds. The van der Waals surface area contributed by atoms with Gasteiger partial charge in [-0.15, -0.1) is 0 Å². The second kappa shape index (κ2) is 45.6. The van der Waals surface area contributed by atoms with Gasteiger partial charge in [0.15, 0.2) is 16.9 Å². The van der Waals surface area contributed by atoms with Crippen LogP contribution in [0.15, 0.2) is 142 Å². The van der Waals surface area contributed by atoms with Crippen LogP contribution in [0.3, 0.4) is 0 Å². The first-order chi connectivity index (χ1) is 63.7. The molecule has 732 valence electrons. The summed E-state index contributed by atoms with van der Waals surface area (Å²) in [4.78, 5) is 136. The number of alkyl halides is 3. The second-order valence-corrected chi connectivity index (χ2v) is 35.4. The van der Waals surface area contributed by atoms with Crippen LogP contribution in [0, 0.1) is 85.3 Å². The number of benzene rings is 3. The van der Waals surface area contributed by atoms with Gasteiger partial charge in [-0.2, -0.15) is 28.1 Å². The summed E-state index contributed by atoms with van der Waals surface area (Å²) in [6.45, 7) is 39.8. The summed E-state index contributed by atoms with van der Waals surface area (Å²) >= 11 is 0. The van der Waals surface area contributed by atoms with Crippen LogP contribution in [0.5, 0.6) is 0 Å². The number of rotatable bonds is 12. The highest BCUT2D eigenvalue weighted by atomic mass is 19.4. The van der Waals surface area contributed by atoms with Gasteiger partial charge < -0.3 is 34.3 Å². The number of amides is 2. The molecule has 0 radical (unpaired) electrons. The minimum atomic E-state index is -4.64. The van der Waals surface area contributed by atoms with E-state index in [0.717, 1.165) is 29.5 Å². The van der Waals surface area contributed by atoms with E-state index in [1.54, 1.807) is 71.7 Å². The Balaban J connectivity index is 0.000000237. The number of pyridine rings is 6. The summed E-state index contributed by atoms with van der Waals surface area (Å²) in [5, 5.41) is 8.72. The zero-order chi connectivity index (χ0) is 99.0. The van der Waals surface area contributed by atoms with Crippen molar-refractivity contribution in [3.05, 3.63) is 228 Å². The maximum atomic E-state index is 15.9. The fraction of sp³-hybridized carbons (Fsp3) is 0.398. The minimum Gasteiger partial charge on any atom is -0.472 e. The molecule has 6 atom stereocenters. The van der Waals surface area contributed by atoms with Crippen molar-refractivity contribution in [2.24, 2.45) is 5.92 Å². The number of hydrogen-bond acceptors (Lipinski definition) is 20. The lowest BCUT2D eigenvalue weighted by molar-refractivity contribution is -0.156. The molecule has 3 aromatic carbocycles. The van der Waals surface area contributed by atoms with Crippen molar-refractivity contribution < 1.29 is 68.5 Å². The molecule has 1 N–H and O–H groups in total. The number of carbonyl (C=O) groups is 4. The molecule has 3 aliphatic rings. The fourth-order valence-corrected chi connectivity index (χ4v) is 16.5. The quantitative estimate of drug-likeness (QED) is 0.0675. The predicted octanol–water partition coefficient (Wildman–Crippen LogP) is 20.3. The molecule has 0 saturated carbocycles. The molecule has 0 aliphatic carbocycles. The van der Waals surface area contributed by atoms with E-state index < -0.39 is 82.1 Å². The Morgan fingerprint density at radius 3 is 1.04 bits per heavy atom. The number of carboxylic acids is 1. The Hall–Kier alpha value is -14.3. The maximum absolute atomic E-state index is 15.9. The summed E-state index contributed by atoms with van der Waals surface area (Å²) in [6, 6.07) is 25.8. The molecular weight excluding hydrogens is 1790 g/mol. The average molecular weight is 1910 g/mol. The highest BCUT2D eigenvalue weighted by Gasteiger charge is 2.40. The van der Waals surface area contributed by atoms with E-state index >= 15 is 13.2 Å². The monoisotopic (exact) mass is 1910 g/mol. The molecule has 9 aromatic heterocycles. The van der Waals surface area contributed by atoms with Gasteiger partial charge in [0.1, 0.15) is 75.0 Å². The van der Waals surface area contributed by atoms with Crippen molar-refractivity contribution in [2.45, 2.75) is 233 Å². The topological polar surface area (TPSA) is 296 Å². The third-order valence-corrected chi connectivity index (χ3v) is 23.0. The minimum absolute atomic E-state index is 0. The van der Waals surface area contributed by atoms with Gasteiger partial charge in [0.25, 0.3) is 5.91 Å². The average Bonchev–Trinajstić information content (AvgIpc) is 0.739. The van der Waals surface area contributed by atoms with Crippen molar-refractivity contribution in [2.75, 3.05) is 47.4 Å². The molecule has 35 heteroatoms. The summed E-state index contributed by atoms with van der Waals surface area (Å²) in [5.74, 6) is 5.15. The smallest absolute Gasteiger partial charge is 0.446 e. The molecule has 26 nitrogen and oxygen atoms in total. The largest absolute Gasteiger partial charge is 0.472 e. The van der Waals surface area contributed by atoms with E-state index in [0.29, 0.717) is 84.0 Å². The number of carboxylic acid groups (broad SMARTS) is 1. The highest BCUT2D eigenvalue weighted by Crippen LogP contribution is 2.41. The number of carbonyl (C=O) groups excluding carboxylic acids is 3. The number of hydrogen-bond donors (Lipinski definition) is 1. The number of halogens is 9. The SMILES string of the molecule is C.C.C.CC#CC(=O)N1C[C@H](C)N(c2nc(=O)n(-c3c(C)ccnc3C(C)C)c3nc(-c4ccccc4F)c(F)cc23)C[C@H]1C.CC#CC(=O)O.Cc1ccnc(C(C)C)c1-n1c(=O)nc(N2C[C@@H](C)CC[C@@H]2C)c2cc(F)c(-c3ccccc3F)nc21.Cc1ccnc(C(C)C)c1-n1c(=O)nc(N2C[C@@H](C)N(C(=O)OC(C)(C)C)C[C@@H]2C)c2cc(F)c(-c3ccccc3F)nc21.O=CC(F)(F)F. The van der Waals surface area contributed by atoms with Crippen LogP contribution < -0.4 is 31.8 Å². The van der Waals surface area contributed by atoms with Crippen molar-refractivity contribution in [1.82, 2.24) is 68.4 Å². The summed E-state index contributed by atoms with van der Waals surface area (Å²) in [5.41, 5.74) is 3.41. The number of nitrogens with zero attached hydrogens (tertiary/aromatic N) is 17. The Kier molecular flexibility index (Phi) is 36.0. The van der Waals surface area contributed by atoms with Crippen molar-refractivity contribution in [3.63, 3.8) is 0 Å². The van der Waals surface area contributed by atoms with Gasteiger partial charge in [0, 0.05) is 104 Å². The maximum Gasteiger partial charge on any atom is 0.446 e. The zero-order valence-electron chi connectivity index (χ0n) is 78.6. The highest BCUT2D eigenvalue weighted by molar-refractivity contribution is 5.96. The number of fused-ring (bicyclic) bond motifs is 3. The number of aldehydes is 1. The van der Waals surface area contributed by atoms with Gasteiger partial charge in [-0.3, -0.25) is 24.5 Å². The Morgan fingerprint density at radius 1 is 0.442 bits per heavy atom. The number of ether oxygens (including phenoxy) is 1. The van der Waals surface area contributed by atoms with Crippen LogP contribution in [0.25, 0.3) is 83.9 Å². The van der Waals surface area contributed by atoms with Gasteiger partial charge in [0.2, 0.25) is 6.29 Å². The van der Waals surface area contributed by atoms with E-state index in [1.807, 2.05) is 133 Å². The third kappa shape index (κ3) is 24.0. The van der Waals surface area contributed by atoms with Gasteiger partial charge in [0.05, 0.1) is 50.3 Å². The number of anilines is 3. The van der Waals surface area contributed by atoms with Crippen LogP contribution in [0.2, 0.25) is 0 Å². The Bertz CT molecular complexity index is 6860. The lowest BCUT2D eigenvalue weighted by atomic mass is 9.95. The first-order valence-corrected chi connectivity index (χ1v) is 43.9. The van der Waals surface area contributed by atoms with E-state index in [4.69, 9.17) is 14.6 Å². The number of piperazine rings is 2. The van der Waals surface area contributed by atoms with Gasteiger partial charge in [-0.1, -0.05) is 119 Å². The molecule has 138 heavy (non-hydrogen) atoms. The molecule has 12 aromatic rings. The first-order valence-electron chi connectivity index (χ1n) is 43.9. The van der Waals surface area contributed by atoms with Crippen LogP contribution in [0.1, 0.15) is 204 Å². The summed E-state index contributed by atoms with van der Waals surface area (Å²) in [7, 11) is 0. The molecular formula is C103H118F9N17O9. The normalized spacial score (nSPS) is 16.3. The predicted molar refractivity (Wildman–Crippen MR) is 521 cm³/mol. The number of piperidine rings is 1. The van der Waals surface area contributed by atoms with Gasteiger partial charge in [-0.25, -0.2) is 79.0 Å². The molecule has 3 fully saturated rings. The molecule has 12 heterocycles. The lowest BCUT2D eigenvalue weighted by Gasteiger charge is -2.44. The third-order valence-electron chi connectivity index (χ3n) is 23.0. The van der Waals surface area contributed by atoms with E-state index in [-0.39, 0.29) is 149 Å². The Labute approximate surface area is 796 Å². The molecule has 0 spiro atoms. The molecule has 3 saturated heterocycles. The number of aromatic nitrogens is 12. The first kappa shape index (κ1) is 109. The zero-order valence-corrected chi connectivity index (χ0v) is 78.6. The standard InChI is InChI=1S/C33H38F2N6O3.C32H32F2N6O2.C29H31F2N5O.C4H4O2.C2HF3O.3CH4/c1-18(2)26-28(19(3)13-14-36-26)41-30-23(15-25(35)27(37-30)22-11-9-10-12-24(22)34)29(38-31(41)42)39-16-21(5)40(17-20(39)4)32(43)44-33(6,7)8;1-7-10-26(41)38-16-21(6)39(17-20(38)5)30-23-15-25(34)28(22-11-8-9-12-24(22)33)36-31(23)40(32(42)37-30)29-19(4)13-14-35-27(29)18(2)3;1-16(2)24-26(18(4)12-13-32-24)36-28-21(14-23(31)25(33-28)20-8-6-7-9-22(20)30)27(34-29(36)37)35-15-17(3)10-11-19(35)5;1-2-3-4(5)6;3-2(4,5)1-6;;;/h9-15,18,20-21H,16-17H2,1-8H3;8-9,11-15,18,20-21H,16-17H2,1-6H3;6-9,12-14,16-17,19H,10-11,15H2,1-5H3;1H3,(H,5,6);1H;3*1H4/t2*20-,21+;17-,19-;;;;;/m010...../s1. The van der Waals surface area contributed by atoms with Crippen LogP contribution in [0.4, 0.5) is 61.8 Å².